The minimum Gasteiger partial charge on any atom is -0.353 e. The fraction of sp³-hybridized carbons (Fsp3) is 0.350. The first-order chi connectivity index (χ1) is 12.5. The molecule has 6 heteroatoms. The molecule has 5 nitrogen and oxygen atoms in total. The molecule has 4 rings (SSSR count). The van der Waals surface area contributed by atoms with Crippen molar-refractivity contribution in [2.75, 3.05) is 11.6 Å². The molecule has 1 aliphatic carbocycles. The topological polar surface area (TPSA) is 71.4 Å². The van der Waals surface area contributed by atoms with Crippen LogP contribution in [0.5, 0.6) is 0 Å². The monoisotopic (exact) mass is 367 g/mol. The Kier molecular flexibility index (Phi) is 4.44. The van der Waals surface area contributed by atoms with E-state index in [0.29, 0.717) is 12.8 Å². The molecular weight excluding hydrogens is 346 g/mol. The van der Waals surface area contributed by atoms with E-state index in [2.05, 4.69) is 15.3 Å². The van der Waals surface area contributed by atoms with Crippen LogP contribution in [-0.4, -0.2) is 26.9 Å². The van der Waals surface area contributed by atoms with Gasteiger partial charge in [-0.15, -0.1) is 0 Å². The minimum atomic E-state index is -1.10. The van der Waals surface area contributed by atoms with Gasteiger partial charge in [0.15, 0.2) is 0 Å². The number of hydrogen-bond acceptors (Lipinski definition) is 5. The van der Waals surface area contributed by atoms with Crippen LogP contribution in [0.25, 0.3) is 0 Å². The van der Waals surface area contributed by atoms with Crippen LogP contribution in [-0.2, 0) is 28.4 Å². The maximum absolute atomic E-state index is 12.2. The number of hydrogen-bond donors (Lipinski definition) is 1. The molecule has 26 heavy (non-hydrogen) atoms. The number of pyridine rings is 1. The average molecular weight is 367 g/mol. The van der Waals surface area contributed by atoms with E-state index in [4.69, 9.17) is 0 Å². The molecule has 0 saturated heterocycles. The second kappa shape index (κ2) is 6.76. The number of fused-ring (bicyclic) bond motifs is 1. The molecule has 1 fully saturated rings. The van der Waals surface area contributed by atoms with Crippen molar-refractivity contribution in [2.24, 2.45) is 10.9 Å². The number of anilines is 2. The number of aromatic nitrogens is 1. The van der Waals surface area contributed by atoms with Gasteiger partial charge in [-0.1, -0.05) is 12.1 Å². The van der Waals surface area contributed by atoms with Crippen LogP contribution >= 0.6 is 0 Å². The molecule has 0 spiro atoms. The standard InChI is InChI=1S/C20H21N3O2S/c1-12-9-16-20(21-12)17(10-14(22-16)11-18(24)13-7-8-13)23-15-5-3-4-6-19(15)26(2)25/h3-6,10,13H,7-9,11H2,1-2H3,(H,22,23). The Morgan fingerprint density at radius 2 is 2.04 bits per heavy atom. The van der Waals surface area contributed by atoms with Crippen LogP contribution in [0.2, 0.25) is 0 Å². The molecule has 0 radical (unpaired) electrons. The van der Waals surface area contributed by atoms with Gasteiger partial charge in [-0.3, -0.25) is 19.0 Å². The van der Waals surface area contributed by atoms with Crippen LogP contribution in [0, 0.1) is 5.92 Å². The molecule has 1 atom stereocenters. The van der Waals surface area contributed by atoms with Gasteiger partial charge in [-0.25, -0.2) is 0 Å². The lowest BCUT2D eigenvalue weighted by Gasteiger charge is -2.14. The first-order valence-electron chi connectivity index (χ1n) is 8.80. The molecule has 2 aromatic rings. The van der Waals surface area contributed by atoms with Gasteiger partial charge >= 0.3 is 0 Å². The molecular formula is C20H21N3O2S. The van der Waals surface area contributed by atoms with Crippen LogP contribution < -0.4 is 5.32 Å². The van der Waals surface area contributed by atoms with E-state index >= 15 is 0 Å². The smallest absolute Gasteiger partial charge is 0.141 e. The molecule has 1 N–H and O–H groups in total. The zero-order valence-electron chi connectivity index (χ0n) is 14.9. The summed E-state index contributed by atoms with van der Waals surface area (Å²) >= 11 is 0. The van der Waals surface area contributed by atoms with Crippen molar-refractivity contribution in [3.63, 3.8) is 0 Å². The molecule has 1 aromatic heterocycles. The Balaban J connectivity index is 1.71. The summed E-state index contributed by atoms with van der Waals surface area (Å²) in [6.07, 6.45) is 4.75. The summed E-state index contributed by atoms with van der Waals surface area (Å²) in [5.74, 6) is 0.497. The average Bonchev–Trinajstić information content (AvgIpc) is 3.37. The molecule has 0 amide bonds. The quantitative estimate of drug-likeness (QED) is 0.844. The molecule has 1 aromatic carbocycles. The molecule has 1 saturated carbocycles. The molecule has 1 aliphatic heterocycles. The Morgan fingerprint density at radius 1 is 1.27 bits per heavy atom. The summed E-state index contributed by atoms with van der Waals surface area (Å²) < 4.78 is 12.0. The fourth-order valence-electron chi connectivity index (χ4n) is 3.25. The third-order valence-corrected chi connectivity index (χ3v) is 5.67. The number of nitrogens with one attached hydrogen (secondary N) is 1. The molecule has 0 bridgehead atoms. The number of aliphatic imine (C=N–C) groups is 1. The first-order valence-corrected chi connectivity index (χ1v) is 10.4. The van der Waals surface area contributed by atoms with E-state index in [9.17, 15) is 9.00 Å². The van der Waals surface area contributed by atoms with E-state index in [-0.39, 0.29) is 11.7 Å². The van der Waals surface area contributed by atoms with E-state index in [1.807, 2.05) is 37.3 Å². The molecule has 1 unspecified atom stereocenters. The number of carbonyl (C=O) groups is 1. The minimum absolute atomic E-state index is 0.225. The second-order valence-corrected chi connectivity index (χ2v) is 8.32. The maximum atomic E-state index is 12.2. The van der Waals surface area contributed by atoms with Gasteiger partial charge in [-0.2, -0.15) is 0 Å². The number of benzene rings is 1. The van der Waals surface area contributed by atoms with Gasteiger partial charge in [0.1, 0.15) is 11.5 Å². The third-order valence-electron chi connectivity index (χ3n) is 4.70. The maximum Gasteiger partial charge on any atom is 0.141 e. The Hall–Kier alpha value is -2.34. The largest absolute Gasteiger partial charge is 0.353 e. The van der Waals surface area contributed by atoms with Crippen molar-refractivity contribution in [3.8, 4) is 0 Å². The zero-order chi connectivity index (χ0) is 18.3. The van der Waals surface area contributed by atoms with Crippen LogP contribution in [0.3, 0.4) is 0 Å². The second-order valence-electron chi connectivity index (χ2n) is 6.97. The predicted molar refractivity (Wildman–Crippen MR) is 104 cm³/mol. The van der Waals surface area contributed by atoms with Crippen LogP contribution in [0.15, 0.2) is 40.2 Å². The zero-order valence-corrected chi connectivity index (χ0v) is 15.7. The summed E-state index contributed by atoms with van der Waals surface area (Å²) in [6.45, 7) is 1.98. The Labute approximate surface area is 155 Å². The van der Waals surface area contributed by atoms with Gasteiger partial charge in [0.2, 0.25) is 0 Å². The summed E-state index contributed by atoms with van der Waals surface area (Å²) in [5, 5.41) is 3.38. The molecule has 2 heterocycles. The highest BCUT2D eigenvalue weighted by molar-refractivity contribution is 7.84. The number of carbonyl (C=O) groups excluding carboxylic acids is 1. The van der Waals surface area contributed by atoms with Crippen molar-refractivity contribution < 1.29 is 9.00 Å². The van der Waals surface area contributed by atoms with E-state index < -0.39 is 10.8 Å². The molecule has 134 valence electrons. The van der Waals surface area contributed by atoms with Crippen molar-refractivity contribution in [1.82, 2.24) is 4.98 Å². The lowest BCUT2D eigenvalue weighted by Crippen LogP contribution is -2.08. The summed E-state index contributed by atoms with van der Waals surface area (Å²) in [7, 11) is -1.10. The normalized spacial score (nSPS) is 16.8. The number of Topliss-reactive ketones (excluding diaryl/α,β-unsaturated/α-hetero) is 1. The van der Waals surface area contributed by atoms with Crippen molar-refractivity contribution >= 4 is 39.4 Å². The van der Waals surface area contributed by atoms with Gasteiger partial charge in [0, 0.05) is 30.7 Å². The van der Waals surface area contributed by atoms with Gasteiger partial charge in [-0.05, 0) is 38.0 Å². The van der Waals surface area contributed by atoms with E-state index in [1.54, 1.807) is 6.26 Å². The van der Waals surface area contributed by atoms with Crippen molar-refractivity contribution in [2.45, 2.75) is 37.5 Å². The number of nitrogens with zero attached hydrogens (tertiary/aromatic N) is 2. The summed E-state index contributed by atoms with van der Waals surface area (Å²) in [4.78, 5) is 22.3. The van der Waals surface area contributed by atoms with Gasteiger partial charge < -0.3 is 5.32 Å². The summed E-state index contributed by atoms with van der Waals surface area (Å²) in [5.41, 5.74) is 5.13. The van der Waals surface area contributed by atoms with E-state index in [0.717, 1.165) is 51.9 Å². The SMILES string of the molecule is CC1=Nc2c(Nc3ccccc3S(C)=O)cc(CC(=O)C3CC3)nc2C1. The molecule has 2 aliphatic rings. The summed E-state index contributed by atoms with van der Waals surface area (Å²) in [6, 6.07) is 9.46. The van der Waals surface area contributed by atoms with Crippen molar-refractivity contribution in [3.05, 3.63) is 41.7 Å². The van der Waals surface area contributed by atoms with Gasteiger partial charge in [0.05, 0.1) is 38.5 Å². The van der Waals surface area contributed by atoms with Crippen LogP contribution in [0.4, 0.5) is 17.1 Å². The number of ketones is 1. The van der Waals surface area contributed by atoms with Crippen LogP contribution in [0.1, 0.15) is 31.2 Å². The Bertz CT molecular complexity index is 948. The number of para-hydroxylation sites is 1. The Morgan fingerprint density at radius 3 is 2.77 bits per heavy atom. The third kappa shape index (κ3) is 3.46. The fourth-order valence-corrected chi connectivity index (χ4v) is 3.95. The van der Waals surface area contributed by atoms with Gasteiger partial charge in [0.25, 0.3) is 0 Å². The first kappa shape index (κ1) is 17.1. The highest BCUT2D eigenvalue weighted by Gasteiger charge is 2.30. The highest BCUT2D eigenvalue weighted by Crippen LogP contribution is 2.38. The van der Waals surface area contributed by atoms with Crippen molar-refractivity contribution in [1.29, 1.82) is 0 Å². The highest BCUT2D eigenvalue weighted by atomic mass is 32.2. The lowest BCUT2D eigenvalue weighted by molar-refractivity contribution is -0.119. The number of rotatable bonds is 6. The van der Waals surface area contributed by atoms with E-state index in [1.165, 1.54) is 0 Å². The predicted octanol–water partition coefficient (Wildman–Crippen LogP) is 3.73. The lowest BCUT2D eigenvalue weighted by atomic mass is 10.1.